The van der Waals surface area contributed by atoms with E-state index in [4.69, 9.17) is 5.41 Å². The van der Waals surface area contributed by atoms with Crippen LogP contribution in [0.15, 0.2) is 18.2 Å². The Morgan fingerprint density at radius 1 is 1.31 bits per heavy atom. The number of hydrogen-bond acceptors (Lipinski definition) is 1. The third-order valence-electron chi connectivity index (χ3n) is 2.30. The summed E-state index contributed by atoms with van der Waals surface area (Å²) in [5.74, 6) is 0.496. The first-order valence-corrected chi connectivity index (χ1v) is 4.69. The Balaban J connectivity index is 3.34. The monoisotopic (exact) mass is 175 g/mol. The second-order valence-corrected chi connectivity index (χ2v) is 3.82. The molecule has 0 unspecified atom stereocenters. The van der Waals surface area contributed by atoms with Crippen molar-refractivity contribution < 1.29 is 0 Å². The van der Waals surface area contributed by atoms with Gasteiger partial charge < -0.3 is 5.41 Å². The maximum absolute atomic E-state index is 7.71. The second kappa shape index (κ2) is 3.73. The van der Waals surface area contributed by atoms with Gasteiger partial charge in [0, 0.05) is 11.3 Å². The molecule has 0 amide bonds. The fourth-order valence-electron chi connectivity index (χ4n) is 1.68. The van der Waals surface area contributed by atoms with Crippen LogP contribution in [0, 0.1) is 12.3 Å². The molecule has 1 aromatic rings. The molecule has 1 aromatic carbocycles. The molecule has 1 heteroatoms. The van der Waals surface area contributed by atoms with Gasteiger partial charge in [-0.1, -0.05) is 32.0 Å². The average molecular weight is 175 g/mol. The van der Waals surface area contributed by atoms with E-state index < -0.39 is 0 Å². The van der Waals surface area contributed by atoms with E-state index in [-0.39, 0.29) is 0 Å². The van der Waals surface area contributed by atoms with Gasteiger partial charge in [0.05, 0.1) is 0 Å². The highest BCUT2D eigenvalue weighted by Crippen LogP contribution is 2.22. The molecular weight excluding hydrogens is 158 g/mol. The minimum atomic E-state index is 0.496. The standard InChI is InChI=1S/C12H17N/c1-8(2)11-7-5-6-9(3)12(11)10(4)13/h5-8,13H,1-4H3. The van der Waals surface area contributed by atoms with Crippen LogP contribution in [0.2, 0.25) is 0 Å². The van der Waals surface area contributed by atoms with Crippen molar-refractivity contribution in [3.05, 3.63) is 34.9 Å². The lowest BCUT2D eigenvalue weighted by Gasteiger charge is -2.14. The van der Waals surface area contributed by atoms with Crippen LogP contribution in [0.25, 0.3) is 0 Å². The highest BCUT2D eigenvalue weighted by Gasteiger charge is 2.09. The first-order chi connectivity index (χ1) is 6.04. The Labute approximate surface area is 80.3 Å². The lowest BCUT2D eigenvalue weighted by Crippen LogP contribution is -2.03. The highest BCUT2D eigenvalue weighted by molar-refractivity contribution is 5.99. The predicted octanol–water partition coefficient (Wildman–Crippen LogP) is 3.51. The third kappa shape index (κ3) is 1.97. The van der Waals surface area contributed by atoms with Gasteiger partial charge in [0.25, 0.3) is 0 Å². The molecular formula is C12H17N. The minimum absolute atomic E-state index is 0.496. The van der Waals surface area contributed by atoms with E-state index in [1.54, 1.807) is 0 Å². The normalized spacial score (nSPS) is 10.5. The third-order valence-corrected chi connectivity index (χ3v) is 2.30. The number of rotatable bonds is 2. The van der Waals surface area contributed by atoms with Crippen molar-refractivity contribution in [2.75, 3.05) is 0 Å². The van der Waals surface area contributed by atoms with Crippen molar-refractivity contribution in [3.63, 3.8) is 0 Å². The van der Waals surface area contributed by atoms with Crippen LogP contribution in [-0.4, -0.2) is 5.71 Å². The lowest BCUT2D eigenvalue weighted by molar-refractivity contribution is 0.861. The van der Waals surface area contributed by atoms with Crippen LogP contribution in [0.5, 0.6) is 0 Å². The van der Waals surface area contributed by atoms with Crippen LogP contribution in [0.4, 0.5) is 0 Å². The molecule has 0 aliphatic rings. The van der Waals surface area contributed by atoms with Gasteiger partial charge in [-0.3, -0.25) is 0 Å². The van der Waals surface area contributed by atoms with Crippen molar-refractivity contribution in [2.24, 2.45) is 0 Å². The van der Waals surface area contributed by atoms with Gasteiger partial charge in [-0.2, -0.15) is 0 Å². The molecule has 0 aliphatic heterocycles. The van der Waals surface area contributed by atoms with E-state index in [0.29, 0.717) is 11.6 Å². The summed E-state index contributed by atoms with van der Waals surface area (Å²) in [4.78, 5) is 0. The van der Waals surface area contributed by atoms with Crippen LogP contribution in [-0.2, 0) is 0 Å². The van der Waals surface area contributed by atoms with E-state index in [9.17, 15) is 0 Å². The Hall–Kier alpha value is -1.11. The van der Waals surface area contributed by atoms with Crippen molar-refractivity contribution in [1.29, 1.82) is 5.41 Å². The summed E-state index contributed by atoms with van der Waals surface area (Å²) in [5.41, 5.74) is 4.28. The van der Waals surface area contributed by atoms with Gasteiger partial charge in [-0.05, 0) is 30.9 Å². The van der Waals surface area contributed by atoms with Crippen LogP contribution in [0.3, 0.4) is 0 Å². The molecule has 1 rings (SSSR count). The maximum Gasteiger partial charge on any atom is 0.0360 e. The van der Waals surface area contributed by atoms with Gasteiger partial charge in [0.15, 0.2) is 0 Å². The summed E-state index contributed by atoms with van der Waals surface area (Å²) in [6, 6.07) is 6.25. The van der Waals surface area contributed by atoms with E-state index in [1.807, 2.05) is 6.92 Å². The Bertz CT molecular complexity index is 324. The van der Waals surface area contributed by atoms with E-state index in [1.165, 1.54) is 11.1 Å². The molecule has 0 aliphatic carbocycles. The summed E-state index contributed by atoms with van der Waals surface area (Å²) in [6.45, 7) is 8.26. The molecule has 0 saturated carbocycles. The summed E-state index contributed by atoms with van der Waals surface area (Å²) in [5, 5.41) is 7.71. The van der Waals surface area contributed by atoms with Crippen molar-refractivity contribution in [1.82, 2.24) is 0 Å². The van der Waals surface area contributed by atoms with Gasteiger partial charge >= 0.3 is 0 Å². The van der Waals surface area contributed by atoms with Crippen molar-refractivity contribution in [2.45, 2.75) is 33.6 Å². The van der Waals surface area contributed by atoms with Gasteiger partial charge in [-0.15, -0.1) is 0 Å². The average Bonchev–Trinajstić information content (AvgIpc) is 2.02. The number of nitrogens with one attached hydrogen (secondary N) is 1. The molecule has 70 valence electrons. The minimum Gasteiger partial charge on any atom is -0.305 e. The first kappa shape index (κ1) is 9.97. The zero-order valence-corrected chi connectivity index (χ0v) is 8.81. The van der Waals surface area contributed by atoms with E-state index >= 15 is 0 Å². The summed E-state index contributed by atoms with van der Waals surface area (Å²) < 4.78 is 0. The van der Waals surface area contributed by atoms with E-state index in [0.717, 1.165) is 5.56 Å². The Morgan fingerprint density at radius 2 is 1.92 bits per heavy atom. The molecule has 0 fully saturated rings. The summed E-state index contributed by atoms with van der Waals surface area (Å²) >= 11 is 0. The lowest BCUT2D eigenvalue weighted by atomic mass is 9.91. The van der Waals surface area contributed by atoms with Gasteiger partial charge in [-0.25, -0.2) is 0 Å². The first-order valence-electron chi connectivity index (χ1n) is 4.69. The van der Waals surface area contributed by atoms with Crippen LogP contribution < -0.4 is 0 Å². The topological polar surface area (TPSA) is 23.9 Å². The van der Waals surface area contributed by atoms with Crippen molar-refractivity contribution in [3.8, 4) is 0 Å². The molecule has 0 spiro atoms. The quantitative estimate of drug-likeness (QED) is 0.665. The molecule has 0 aromatic heterocycles. The van der Waals surface area contributed by atoms with Gasteiger partial charge in [0.2, 0.25) is 0 Å². The predicted molar refractivity (Wildman–Crippen MR) is 57.8 cm³/mol. The fourth-order valence-corrected chi connectivity index (χ4v) is 1.68. The zero-order chi connectivity index (χ0) is 10.0. The molecule has 0 radical (unpaired) electrons. The molecule has 0 heterocycles. The number of aryl methyl sites for hydroxylation is 1. The SMILES string of the molecule is CC(=N)c1c(C)cccc1C(C)C. The molecule has 0 bridgehead atoms. The van der Waals surface area contributed by atoms with E-state index in [2.05, 4.69) is 39.0 Å². The van der Waals surface area contributed by atoms with Gasteiger partial charge in [0.1, 0.15) is 0 Å². The molecule has 0 saturated heterocycles. The zero-order valence-electron chi connectivity index (χ0n) is 8.81. The van der Waals surface area contributed by atoms with Crippen LogP contribution in [0.1, 0.15) is 43.4 Å². The Morgan fingerprint density at radius 3 is 2.31 bits per heavy atom. The molecule has 13 heavy (non-hydrogen) atoms. The molecule has 1 nitrogen and oxygen atoms in total. The second-order valence-electron chi connectivity index (χ2n) is 3.82. The fraction of sp³-hybridized carbons (Fsp3) is 0.417. The Kier molecular flexibility index (Phi) is 2.86. The number of benzene rings is 1. The maximum atomic E-state index is 7.71. The number of hydrogen-bond donors (Lipinski definition) is 1. The molecule has 1 N–H and O–H groups in total. The highest BCUT2D eigenvalue weighted by atomic mass is 14.4. The summed E-state index contributed by atoms with van der Waals surface area (Å²) in [7, 11) is 0. The van der Waals surface area contributed by atoms with Crippen LogP contribution >= 0.6 is 0 Å². The largest absolute Gasteiger partial charge is 0.305 e. The smallest absolute Gasteiger partial charge is 0.0360 e. The molecule has 0 atom stereocenters. The van der Waals surface area contributed by atoms with Crippen molar-refractivity contribution >= 4 is 5.71 Å². The summed E-state index contributed by atoms with van der Waals surface area (Å²) in [6.07, 6.45) is 0.